The molecule has 1 aliphatic rings. The predicted octanol–water partition coefficient (Wildman–Crippen LogP) is 1.46. The summed E-state index contributed by atoms with van der Waals surface area (Å²) in [7, 11) is 0. The number of ether oxygens (including phenoxy) is 1. The maximum Gasteiger partial charge on any atom is 0.331 e. The molecule has 0 aliphatic heterocycles. The van der Waals surface area contributed by atoms with Crippen molar-refractivity contribution < 1.29 is 9.53 Å². The van der Waals surface area contributed by atoms with Crippen molar-refractivity contribution >= 4 is 5.97 Å². The minimum atomic E-state index is -0.396. The van der Waals surface area contributed by atoms with E-state index in [1.165, 1.54) is 12.8 Å². The second-order valence-corrected chi connectivity index (χ2v) is 2.51. The summed E-state index contributed by atoms with van der Waals surface area (Å²) in [4.78, 5) is 10.6. The van der Waals surface area contributed by atoms with Crippen molar-refractivity contribution in [1.82, 2.24) is 0 Å². The molecule has 10 heavy (non-hydrogen) atoms. The third kappa shape index (κ3) is 1.87. The summed E-state index contributed by atoms with van der Waals surface area (Å²) in [6.45, 7) is 4.95. The molecule has 1 saturated carbocycles. The van der Waals surface area contributed by atoms with Gasteiger partial charge in [-0.05, 0) is 25.7 Å². The molecular formula is C8H11O2. The second kappa shape index (κ2) is 3.40. The highest BCUT2D eigenvalue weighted by Gasteiger charge is 2.17. The number of rotatable bonds is 2. The highest BCUT2D eigenvalue weighted by molar-refractivity contribution is 5.80. The van der Waals surface area contributed by atoms with Gasteiger partial charge < -0.3 is 4.74 Å². The number of hydrogen-bond donors (Lipinski definition) is 0. The maximum absolute atomic E-state index is 10.6. The molecule has 0 bridgehead atoms. The fourth-order valence-electron chi connectivity index (χ4n) is 1.21. The highest BCUT2D eigenvalue weighted by atomic mass is 16.5. The van der Waals surface area contributed by atoms with E-state index in [9.17, 15) is 4.79 Å². The van der Waals surface area contributed by atoms with Gasteiger partial charge in [-0.1, -0.05) is 6.58 Å². The van der Waals surface area contributed by atoms with Crippen LogP contribution in [0, 0.1) is 6.58 Å². The minimum Gasteiger partial charge on any atom is -0.459 e. The summed E-state index contributed by atoms with van der Waals surface area (Å²) >= 11 is 0. The Hall–Kier alpha value is -0.790. The Balaban J connectivity index is 2.23. The molecule has 1 fully saturated rings. The van der Waals surface area contributed by atoms with Crippen molar-refractivity contribution in [2.45, 2.75) is 31.8 Å². The van der Waals surface area contributed by atoms with Crippen molar-refractivity contribution in [1.29, 1.82) is 0 Å². The molecular weight excluding hydrogens is 128 g/mol. The molecule has 1 radical (unpaired) electrons. The molecule has 0 N–H and O–H groups in total. The van der Waals surface area contributed by atoms with E-state index in [2.05, 4.69) is 0 Å². The van der Waals surface area contributed by atoms with Crippen LogP contribution in [-0.2, 0) is 9.53 Å². The number of carbonyl (C=O) groups excluding carboxylic acids is 1. The highest BCUT2D eigenvalue weighted by Crippen LogP contribution is 2.20. The van der Waals surface area contributed by atoms with E-state index >= 15 is 0 Å². The van der Waals surface area contributed by atoms with E-state index in [1.807, 2.05) is 0 Å². The average Bonchev–Trinajstić information content (AvgIpc) is 2.40. The van der Waals surface area contributed by atoms with E-state index < -0.39 is 5.97 Å². The lowest BCUT2D eigenvalue weighted by atomic mass is 10.3. The van der Waals surface area contributed by atoms with Gasteiger partial charge in [0.15, 0.2) is 0 Å². The van der Waals surface area contributed by atoms with E-state index in [0.717, 1.165) is 18.9 Å². The molecule has 1 rings (SSSR count). The molecule has 1 aliphatic carbocycles. The lowest BCUT2D eigenvalue weighted by molar-refractivity contribution is -0.142. The fraction of sp³-hybridized carbons (Fsp3) is 0.625. The molecule has 0 heterocycles. The van der Waals surface area contributed by atoms with Gasteiger partial charge in [-0.2, -0.15) is 0 Å². The van der Waals surface area contributed by atoms with Gasteiger partial charge in [0.2, 0.25) is 0 Å². The van der Waals surface area contributed by atoms with Crippen LogP contribution in [0.25, 0.3) is 0 Å². The minimum absolute atomic E-state index is 0.132. The van der Waals surface area contributed by atoms with Gasteiger partial charge in [0.05, 0.1) is 0 Å². The van der Waals surface area contributed by atoms with Crippen molar-refractivity contribution in [2.24, 2.45) is 0 Å². The lowest BCUT2D eigenvalue weighted by Crippen LogP contribution is -2.11. The first-order chi connectivity index (χ1) is 4.83. The van der Waals surface area contributed by atoms with E-state index in [0.29, 0.717) is 0 Å². The molecule has 0 aromatic carbocycles. The molecule has 0 unspecified atom stereocenters. The first kappa shape index (κ1) is 7.32. The SMILES string of the molecule is [CH]=CC(=O)OC1CCCC1. The van der Waals surface area contributed by atoms with Gasteiger partial charge in [0.25, 0.3) is 0 Å². The van der Waals surface area contributed by atoms with Crippen molar-refractivity contribution in [3.63, 3.8) is 0 Å². The maximum atomic E-state index is 10.6. The zero-order chi connectivity index (χ0) is 7.40. The first-order valence-corrected chi connectivity index (χ1v) is 3.58. The third-order valence-electron chi connectivity index (χ3n) is 1.72. The molecule has 0 aromatic heterocycles. The van der Waals surface area contributed by atoms with Gasteiger partial charge in [0.1, 0.15) is 6.10 Å². The van der Waals surface area contributed by atoms with Crippen LogP contribution < -0.4 is 0 Å². The van der Waals surface area contributed by atoms with E-state index in [-0.39, 0.29) is 6.10 Å². The molecule has 2 nitrogen and oxygen atoms in total. The zero-order valence-corrected chi connectivity index (χ0v) is 5.88. The average molecular weight is 139 g/mol. The van der Waals surface area contributed by atoms with Crippen molar-refractivity contribution in [2.75, 3.05) is 0 Å². The molecule has 0 atom stereocenters. The third-order valence-corrected chi connectivity index (χ3v) is 1.72. The summed E-state index contributed by atoms with van der Waals surface area (Å²) in [5, 5.41) is 0. The second-order valence-electron chi connectivity index (χ2n) is 2.51. The van der Waals surface area contributed by atoms with Crippen LogP contribution in [0.2, 0.25) is 0 Å². The van der Waals surface area contributed by atoms with Gasteiger partial charge in [0, 0.05) is 6.08 Å². The smallest absolute Gasteiger partial charge is 0.331 e. The molecule has 55 valence electrons. The van der Waals surface area contributed by atoms with Crippen LogP contribution in [0.5, 0.6) is 0 Å². The van der Waals surface area contributed by atoms with E-state index in [4.69, 9.17) is 11.3 Å². The number of carbonyl (C=O) groups is 1. The summed E-state index contributed by atoms with van der Waals surface area (Å²) in [6.07, 6.45) is 5.44. The topological polar surface area (TPSA) is 26.3 Å². The normalized spacial score (nSPS) is 18.8. The first-order valence-electron chi connectivity index (χ1n) is 3.58. The Labute approximate surface area is 60.9 Å². The molecule has 0 saturated heterocycles. The fourth-order valence-corrected chi connectivity index (χ4v) is 1.21. The van der Waals surface area contributed by atoms with Crippen LogP contribution in [0.4, 0.5) is 0 Å². The molecule has 2 heteroatoms. The Kier molecular flexibility index (Phi) is 2.49. The van der Waals surface area contributed by atoms with E-state index in [1.54, 1.807) is 0 Å². The Morgan fingerprint density at radius 2 is 2.10 bits per heavy atom. The Bertz CT molecular complexity index is 134. The van der Waals surface area contributed by atoms with Crippen LogP contribution in [0.15, 0.2) is 6.08 Å². The van der Waals surface area contributed by atoms with Gasteiger partial charge in [-0.3, -0.25) is 0 Å². The van der Waals surface area contributed by atoms with Crippen LogP contribution in [0.3, 0.4) is 0 Å². The molecule has 0 aromatic rings. The number of hydrogen-bond acceptors (Lipinski definition) is 2. The van der Waals surface area contributed by atoms with Crippen molar-refractivity contribution in [3.8, 4) is 0 Å². The van der Waals surface area contributed by atoms with Gasteiger partial charge in [-0.25, -0.2) is 4.79 Å². The Morgan fingerprint density at radius 1 is 1.50 bits per heavy atom. The quantitative estimate of drug-likeness (QED) is 0.427. The molecule has 0 amide bonds. The van der Waals surface area contributed by atoms with Crippen LogP contribution >= 0.6 is 0 Å². The zero-order valence-electron chi connectivity index (χ0n) is 5.88. The summed E-state index contributed by atoms with van der Waals surface area (Å²) in [5.74, 6) is -0.396. The Morgan fingerprint density at radius 3 is 2.60 bits per heavy atom. The van der Waals surface area contributed by atoms with Crippen LogP contribution in [0.1, 0.15) is 25.7 Å². The monoisotopic (exact) mass is 139 g/mol. The molecule has 0 spiro atoms. The van der Waals surface area contributed by atoms with Gasteiger partial charge >= 0.3 is 5.97 Å². The predicted molar refractivity (Wildman–Crippen MR) is 37.2 cm³/mol. The lowest BCUT2D eigenvalue weighted by Gasteiger charge is -2.07. The van der Waals surface area contributed by atoms with Crippen molar-refractivity contribution in [3.05, 3.63) is 12.7 Å². The standard InChI is InChI=1S/C8H11O2/c1-2-8(9)10-7-5-3-4-6-7/h1-2,7H,3-6H2. The summed E-state index contributed by atoms with van der Waals surface area (Å²) in [6, 6.07) is 0. The van der Waals surface area contributed by atoms with Gasteiger partial charge in [-0.15, -0.1) is 0 Å². The largest absolute Gasteiger partial charge is 0.459 e. The summed E-state index contributed by atoms with van der Waals surface area (Å²) in [5.41, 5.74) is 0. The summed E-state index contributed by atoms with van der Waals surface area (Å²) < 4.78 is 4.94. The van der Waals surface area contributed by atoms with Crippen LogP contribution in [-0.4, -0.2) is 12.1 Å². The number of esters is 1.